The molecule has 6 heterocycles. The second-order valence-corrected chi connectivity index (χ2v) is 24.3. The fraction of sp³-hybridized carbons (Fsp3) is 0.579. The number of primary amides is 1. The average molecular weight is 1140 g/mol. The van der Waals surface area contributed by atoms with Crippen LogP contribution in [0.3, 0.4) is 0 Å². The Morgan fingerprint density at radius 2 is 1.70 bits per heavy atom. The molecule has 0 unspecified atom stereocenters. The van der Waals surface area contributed by atoms with Gasteiger partial charge in [0.15, 0.2) is 0 Å². The van der Waals surface area contributed by atoms with Gasteiger partial charge in [-0.3, -0.25) is 33.6 Å². The van der Waals surface area contributed by atoms with Crippen molar-refractivity contribution >= 4 is 64.3 Å². The number of hydrogen-bond donors (Lipinski definition) is 5. The molecule has 23 heteroatoms. The number of nitrogens with zero attached hydrogens (tertiary/aromatic N) is 8. The molecule has 8 atom stereocenters. The number of aliphatic hydroxyl groups excluding tert-OH is 1. The lowest BCUT2D eigenvalue weighted by Gasteiger charge is -2.37. The third kappa shape index (κ3) is 13.0. The Bertz CT molecular complexity index is 2970. The smallest absolute Gasteiger partial charge is 0.248 e. The number of β-amino-alcohol motifs (C(OH)–C–C–N with tert-alkyl or cyclic N) is 1. The molecule has 1 aliphatic carbocycles. The summed E-state index contributed by atoms with van der Waals surface area (Å²) in [4.78, 5) is 107. The highest BCUT2D eigenvalue weighted by Crippen LogP contribution is 2.45. The molecule has 430 valence electrons. The summed E-state index contributed by atoms with van der Waals surface area (Å²) < 4.78 is 7.89. The first-order valence-electron chi connectivity index (χ1n) is 28.0. The van der Waals surface area contributed by atoms with Gasteiger partial charge in [-0.05, 0) is 94.4 Å². The fourth-order valence-electron chi connectivity index (χ4n) is 12.0. The van der Waals surface area contributed by atoms with Crippen molar-refractivity contribution in [3.05, 3.63) is 81.2 Å². The standard InChI is InChI=1S/C57H75ClN12O9S/c1-32(35-13-17-38(18-14-35)51-33(2)61-31-80-51)62-54(76)44-25-41(72)26-68(44)56(78)52-57(4,5)30-67(28-45-50(37-15-16-37)64-65-70(45)52)48(74)12-7-6-9-36-10-8-11-46(49(36)58)79-29-39(19-22-47(60)73)63-53(75)43-21-20-40-23-24-66(34(3)71)27-42(59)55(77)69(40)43/h8,10-11,13-14,17-18,31-32,37,39-44,52,72H,6-7,9,12,15-16,19-30,59H2,1-5H3,(H2,60,73)(H,62,76)(H,63,75)/t32-,39-,40+,41+,42-,43-,44-,52+/m0/s1. The van der Waals surface area contributed by atoms with Gasteiger partial charge in [-0.2, -0.15) is 0 Å². The van der Waals surface area contributed by atoms with Crippen LogP contribution in [0.5, 0.6) is 5.75 Å². The second kappa shape index (κ2) is 24.7. The predicted molar refractivity (Wildman–Crippen MR) is 299 cm³/mol. The van der Waals surface area contributed by atoms with E-state index in [-0.39, 0.29) is 106 Å². The normalized spacial score (nSPS) is 23.5. The first-order chi connectivity index (χ1) is 38.2. The zero-order valence-corrected chi connectivity index (χ0v) is 47.8. The Balaban J connectivity index is 0.809. The summed E-state index contributed by atoms with van der Waals surface area (Å²) in [6.45, 7) is 10.1. The summed E-state index contributed by atoms with van der Waals surface area (Å²) in [6, 6.07) is 8.52. The first-order valence-corrected chi connectivity index (χ1v) is 29.3. The van der Waals surface area contributed by atoms with Crippen LogP contribution in [0.15, 0.2) is 48.0 Å². The van der Waals surface area contributed by atoms with Gasteiger partial charge in [-0.1, -0.05) is 67.1 Å². The third-order valence-electron chi connectivity index (χ3n) is 16.6. The minimum atomic E-state index is -0.969. The van der Waals surface area contributed by atoms with Crippen molar-refractivity contribution in [3.8, 4) is 16.2 Å². The Morgan fingerprint density at radius 3 is 2.40 bits per heavy atom. The molecule has 0 bridgehead atoms. The van der Waals surface area contributed by atoms with Gasteiger partial charge in [-0.25, -0.2) is 9.67 Å². The molecule has 4 aliphatic heterocycles. The van der Waals surface area contributed by atoms with Crippen LogP contribution in [-0.4, -0.2) is 155 Å². The lowest BCUT2D eigenvalue weighted by molar-refractivity contribution is -0.145. The van der Waals surface area contributed by atoms with Crippen LogP contribution in [0.2, 0.25) is 5.02 Å². The zero-order valence-electron chi connectivity index (χ0n) is 46.3. The van der Waals surface area contributed by atoms with Crippen LogP contribution in [0, 0.1) is 12.3 Å². The van der Waals surface area contributed by atoms with Crippen molar-refractivity contribution in [3.63, 3.8) is 0 Å². The molecule has 0 spiro atoms. The number of likely N-dealkylation sites (tertiary alicyclic amines) is 1. The number of unbranched alkanes of at least 4 members (excludes halogenated alkanes) is 1. The van der Waals surface area contributed by atoms with E-state index in [9.17, 15) is 33.9 Å². The number of carbonyl (C=O) groups is 7. The Hall–Kier alpha value is -6.49. The van der Waals surface area contributed by atoms with E-state index < -0.39 is 53.5 Å². The molecular formula is C57H75ClN12O9S. The number of fused-ring (bicyclic) bond motifs is 2. The van der Waals surface area contributed by atoms with Gasteiger partial charge < -0.3 is 51.5 Å². The first kappa shape index (κ1) is 58.2. The highest BCUT2D eigenvalue weighted by molar-refractivity contribution is 7.13. The number of ether oxygens (including phenoxy) is 1. The summed E-state index contributed by atoms with van der Waals surface area (Å²) in [5, 5.41) is 26.7. The summed E-state index contributed by atoms with van der Waals surface area (Å²) >= 11 is 8.53. The van der Waals surface area contributed by atoms with Crippen molar-refractivity contribution in [2.45, 2.75) is 173 Å². The van der Waals surface area contributed by atoms with Crippen LogP contribution in [0.25, 0.3) is 10.4 Å². The van der Waals surface area contributed by atoms with Crippen LogP contribution in [-0.2, 0) is 46.5 Å². The van der Waals surface area contributed by atoms with Gasteiger partial charge in [0, 0.05) is 69.7 Å². The Morgan fingerprint density at radius 1 is 0.950 bits per heavy atom. The van der Waals surface area contributed by atoms with Gasteiger partial charge >= 0.3 is 0 Å². The van der Waals surface area contributed by atoms with Gasteiger partial charge in [-0.15, -0.1) is 16.4 Å². The quantitative estimate of drug-likeness (QED) is 0.0812. The lowest BCUT2D eigenvalue weighted by atomic mass is 9.83. The molecule has 7 N–H and O–H groups in total. The highest BCUT2D eigenvalue weighted by atomic mass is 35.5. The van der Waals surface area contributed by atoms with Crippen molar-refractivity contribution in [2.24, 2.45) is 16.9 Å². The molecule has 80 heavy (non-hydrogen) atoms. The second-order valence-electron chi connectivity index (χ2n) is 23.1. The fourth-order valence-corrected chi connectivity index (χ4v) is 13.1. The van der Waals surface area contributed by atoms with Gasteiger partial charge in [0.05, 0.1) is 57.2 Å². The molecule has 5 aliphatic rings. The molecule has 2 aromatic carbocycles. The SMILES string of the molecule is CC(=O)N1CC[C@H]2CC[C@@H](C(=O)N[C@@H](CCC(N)=O)COc3cccc(CCCCC(=O)N4Cc5c(C6CC6)nnn5[C@H](C(=O)N5C[C@H](O)C[C@H]5C(=O)N[C@@H](C)c5ccc(-c6scnc6C)cc5)C(C)(C)C4)c3Cl)N2C(=O)[C@@H](N)C1. The molecule has 3 saturated heterocycles. The number of hydrogen-bond acceptors (Lipinski definition) is 14. The van der Waals surface area contributed by atoms with E-state index in [4.69, 9.17) is 27.8 Å². The van der Waals surface area contributed by atoms with Crippen LogP contribution >= 0.6 is 22.9 Å². The van der Waals surface area contributed by atoms with Crippen molar-refractivity contribution in [1.82, 2.24) is 50.2 Å². The maximum atomic E-state index is 15.1. The maximum Gasteiger partial charge on any atom is 0.248 e. The number of nitrogens with one attached hydrogen (secondary N) is 2. The van der Waals surface area contributed by atoms with Crippen molar-refractivity contribution in [1.29, 1.82) is 0 Å². The number of aromatic nitrogens is 4. The van der Waals surface area contributed by atoms with Gasteiger partial charge in [0.2, 0.25) is 41.4 Å². The number of rotatable bonds is 19. The van der Waals surface area contributed by atoms with E-state index in [1.54, 1.807) is 36.8 Å². The number of nitrogens with two attached hydrogens (primary N) is 2. The lowest BCUT2D eigenvalue weighted by Crippen LogP contribution is -2.59. The number of halogens is 1. The molecule has 21 nitrogen and oxygen atoms in total. The molecular weight excluding hydrogens is 1060 g/mol. The van der Waals surface area contributed by atoms with Gasteiger partial charge in [0.25, 0.3) is 0 Å². The van der Waals surface area contributed by atoms with Crippen LogP contribution < -0.4 is 26.8 Å². The van der Waals surface area contributed by atoms with E-state index in [0.717, 1.165) is 45.8 Å². The average Bonchev–Trinajstić information content (AvgIpc) is 3.86. The van der Waals surface area contributed by atoms with E-state index in [1.165, 1.54) is 11.8 Å². The molecule has 1 saturated carbocycles. The zero-order chi connectivity index (χ0) is 57.2. The molecule has 4 fully saturated rings. The Kier molecular flexibility index (Phi) is 18.0. The van der Waals surface area contributed by atoms with Crippen LogP contribution in [0.4, 0.5) is 0 Å². The molecule has 4 aromatic rings. The summed E-state index contributed by atoms with van der Waals surface area (Å²) in [6.07, 6.45) is 4.62. The maximum absolute atomic E-state index is 15.1. The summed E-state index contributed by atoms with van der Waals surface area (Å²) in [5.41, 5.74) is 17.9. The van der Waals surface area contributed by atoms with E-state index in [2.05, 4.69) is 25.9 Å². The monoisotopic (exact) mass is 1140 g/mol. The minimum Gasteiger partial charge on any atom is -0.490 e. The number of benzene rings is 2. The van der Waals surface area contributed by atoms with E-state index in [1.807, 2.05) is 69.6 Å². The number of thiazole rings is 1. The van der Waals surface area contributed by atoms with E-state index in [0.29, 0.717) is 61.5 Å². The number of aliphatic hydroxyl groups is 1. The van der Waals surface area contributed by atoms with Crippen molar-refractivity contribution < 1.29 is 43.4 Å². The van der Waals surface area contributed by atoms with Crippen LogP contribution in [0.1, 0.15) is 145 Å². The summed E-state index contributed by atoms with van der Waals surface area (Å²) in [5.74, 6) is -1.74. The predicted octanol–water partition coefficient (Wildman–Crippen LogP) is 4.47. The van der Waals surface area contributed by atoms with Gasteiger partial charge in [0.1, 0.15) is 36.5 Å². The van der Waals surface area contributed by atoms with Crippen molar-refractivity contribution in [2.75, 3.05) is 32.8 Å². The summed E-state index contributed by atoms with van der Waals surface area (Å²) in [7, 11) is 0. The topological polar surface area (TPSA) is 282 Å². The molecule has 7 amide bonds. The molecule has 0 radical (unpaired) electrons. The number of amides is 7. The Labute approximate surface area is 475 Å². The molecule has 9 rings (SSSR count). The number of aryl methyl sites for hydroxylation is 2. The minimum absolute atomic E-state index is 0.0192. The highest BCUT2D eigenvalue weighted by Gasteiger charge is 2.51. The largest absolute Gasteiger partial charge is 0.490 e. The van der Waals surface area contributed by atoms with E-state index >= 15 is 4.79 Å². The molecule has 2 aromatic heterocycles. The third-order valence-corrected chi connectivity index (χ3v) is 18.0. The number of carbonyl (C=O) groups excluding carboxylic acids is 7.